The standard InChI is InChI=1S/C13H17N3O2S2/c1-2-10-3-5-11(6-4-10)7-8-15-13-16-9-12(19-13)20(14,17)18/h3-6,9H,2,7-8H2,1H3,(H,15,16)(H2,14,17,18). The largest absolute Gasteiger partial charge is 0.361 e. The highest BCUT2D eigenvalue weighted by atomic mass is 32.2. The Morgan fingerprint density at radius 3 is 2.45 bits per heavy atom. The normalized spacial score (nSPS) is 11.5. The van der Waals surface area contributed by atoms with E-state index < -0.39 is 10.0 Å². The third kappa shape index (κ3) is 4.03. The molecule has 0 atom stereocenters. The monoisotopic (exact) mass is 311 g/mol. The molecule has 0 aliphatic carbocycles. The molecule has 20 heavy (non-hydrogen) atoms. The predicted molar refractivity (Wildman–Crippen MR) is 81.5 cm³/mol. The molecule has 0 aliphatic heterocycles. The maximum absolute atomic E-state index is 11.1. The minimum absolute atomic E-state index is 0.0762. The molecule has 2 aromatic rings. The van der Waals surface area contributed by atoms with Crippen LogP contribution in [0.2, 0.25) is 0 Å². The van der Waals surface area contributed by atoms with Crippen molar-refractivity contribution in [3.05, 3.63) is 41.6 Å². The molecule has 1 heterocycles. The van der Waals surface area contributed by atoms with Gasteiger partial charge in [0.15, 0.2) is 9.34 Å². The summed E-state index contributed by atoms with van der Waals surface area (Å²) in [5, 5.41) is 8.70. The summed E-state index contributed by atoms with van der Waals surface area (Å²) in [4.78, 5) is 3.99. The number of thiazole rings is 1. The summed E-state index contributed by atoms with van der Waals surface area (Å²) in [5.74, 6) is 0. The fraction of sp³-hybridized carbons (Fsp3) is 0.308. The van der Waals surface area contributed by atoms with Gasteiger partial charge in [-0.3, -0.25) is 0 Å². The van der Waals surface area contributed by atoms with E-state index in [1.165, 1.54) is 17.3 Å². The summed E-state index contributed by atoms with van der Waals surface area (Å²) in [6.45, 7) is 2.82. The van der Waals surface area contributed by atoms with Crippen LogP contribution < -0.4 is 10.5 Å². The molecule has 1 aromatic carbocycles. The Hall–Kier alpha value is -1.44. The topological polar surface area (TPSA) is 85.1 Å². The van der Waals surface area contributed by atoms with Crippen LogP contribution in [0.1, 0.15) is 18.1 Å². The number of primary sulfonamides is 1. The van der Waals surface area contributed by atoms with Crippen molar-refractivity contribution in [1.29, 1.82) is 0 Å². The molecule has 0 fully saturated rings. The highest BCUT2D eigenvalue weighted by Crippen LogP contribution is 2.21. The van der Waals surface area contributed by atoms with Gasteiger partial charge in [-0.1, -0.05) is 42.5 Å². The van der Waals surface area contributed by atoms with E-state index in [2.05, 4.69) is 41.5 Å². The van der Waals surface area contributed by atoms with Crippen LogP contribution >= 0.6 is 11.3 Å². The predicted octanol–water partition coefficient (Wildman–Crippen LogP) is 2.01. The van der Waals surface area contributed by atoms with E-state index in [4.69, 9.17) is 5.14 Å². The Morgan fingerprint density at radius 2 is 1.90 bits per heavy atom. The molecule has 5 nitrogen and oxygen atoms in total. The number of nitrogens with two attached hydrogens (primary N) is 1. The van der Waals surface area contributed by atoms with Crippen LogP contribution in [0.25, 0.3) is 0 Å². The lowest BCUT2D eigenvalue weighted by molar-refractivity contribution is 0.599. The Balaban J connectivity index is 1.88. The molecule has 0 bridgehead atoms. The van der Waals surface area contributed by atoms with Crippen LogP contribution in [-0.2, 0) is 22.9 Å². The average Bonchev–Trinajstić information content (AvgIpc) is 2.88. The van der Waals surface area contributed by atoms with Gasteiger partial charge in [0.2, 0.25) is 10.0 Å². The summed E-state index contributed by atoms with van der Waals surface area (Å²) in [7, 11) is -3.65. The highest BCUT2D eigenvalue weighted by Gasteiger charge is 2.12. The number of hydrogen-bond acceptors (Lipinski definition) is 5. The van der Waals surface area contributed by atoms with Crippen LogP contribution in [0, 0.1) is 0 Å². The van der Waals surface area contributed by atoms with Crippen LogP contribution in [0.4, 0.5) is 5.13 Å². The number of aryl methyl sites for hydroxylation is 1. The summed E-state index contributed by atoms with van der Waals surface area (Å²) in [6.07, 6.45) is 3.17. The Kier molecular flexibility index (Phi) is 4.74. The summed E-state index contributed by atoms with van der Waals surface area (Å²) >= 11 is 1.05. The van der Waals surface area contributed by atoms with Gasteiger partial charge >= 0.3 is 0 Å². The first-order valence-electron chi connectivity index (χ1n) is 6.29. The van der Waals surface area contributed by atoms with Crippen molar-refractivity contribution < 1.29 is 8.42 Å². The maximum atomic E-state index is 11.1. The summed E-state index contributed by atoms with van der Waals surface area (Å²) in [6, 6.07) is 8.46. The number of anilines is 1. The van der Waals surface area contributed by atoms with Gasteiger partial charge in [0.1, 0.15) is 0 Å². The second kappa shape index (κ2) is 6.34. The van der Waals surface area contributed by atoms with Crippen molar-refractivity contribution in [2.24, 2.45) is 5.14 Å². The Bertz CT molecular complexity index is 663. The van der Waals surface area contributed by atoms with Gasteiger partial charge in [-0.15, -0.1) is 0 Å². The van der Waals surface area contributed by atoms with Crippen molar-refractivity contribution >= 4 is 26.5 Å². The zero-order valence-electron chi connectivity index (χ0n) is 11.2. The quantitative estimate of drug-likeness (QED) is 0.854. The molecule has 0 aliphatic rings. The Labute approximate surface area is 122 Å². The lowest BCUT2D eigenvalue weighted by Gasteiger charge is -2.04. The van der Waals surface area contributed by atoms with Crippen molar-refractivity contribution in [3.8, 4) is 0 Å². The lowest BCUT2D eigenvalue weighted by Crippen LogP contribution is -2.10. The smallest absolute Gasteiger partial charge is 0.249 e. The van der Waals surface area contributed by atoms with Crippen LogP contribution in [0.5, 0.6) is 0 Å². The SMILES string of the molecule is CCc1ccc(CCNc2ncc(S(N)(=O)=O)s2)cc1. The third-order valence-electron chi connectivity index (χ3n) is 2.89. The van der Waals surface area contributed by atoms with Crippen LogP contribution in [-0.4, -0.2) is 19.9 Å². The molecule has 0 amide bonds. The van der Waals surface area contributed by atoms with Gasteiger partial charge < -0.3 is 5.32 Å². The van der Waals surface area contributed by atoms with Crippen molar-refractivity contribution in [2.75, 3.05) is 11.9 Å². The molecule has 0 radical (unpaired) electrons. The number of hydrogen-bond donors (Lipinski definition) is 2. The van der Waals surface area contributed by atoms with Crippen molar-refractivity contribution in [1.82, 2.24) is 4.98 Å². The molecule has 7 heteroatoms. The first-order valence-corrected chi connectivity index (χ1v) is 8.65. The average molecular weight is 311 g/mol. The molecule has 3 N–H and O–H groups in total. The van der Waals surface area contributed by atoms with Gasteiger partial charge in [-0.05, 0) is 24.0 Å². The van der Waals surface area contributed by atoms with Gasteiger partial charge in [-0.25, -0.2) is 18.5 Å². The van der Waals surface area contributed by atoms with Crippen molar-refractivity contribution in [3.63, 3.8) is 0 Å². The lowest BCUT2D eigenvalue weighted by atomic mass is 10.1. The van der Waals surface area contributed by atoms with E-state index in [1.54, 1.807) is 0 Å². The van der Waals surface area contributed by atoms with E-state index in [0.29, 0.717) is 11.7 Å². The third-order valence-corrected chi connectivity index (χ3v) is 5.25. The minimum Gasteiger partial charge on any atom is -0.361 e. The van der Waals surface area contributed by atoms with Gasteiger partial charge in [0.05, 0.1) is 6.20 Å². The first-order chi connectivity index (χ1) is 9.49. The summed E-state index contributed by atoms with van der Waals surface area (Å²) < 4.78 is 22.3. The summed E-state index contributed by atoms with van der Waals surface area (Å²) in [5.41, 5.74) is 2.55. The zero-order chi connectivity index (χ0) is 14.6. The van der Waals surface area contributed by atoms with E-state index in [-0.39, 0.29) is 4.21 Å². The molecule has 0 spiro atoms. The van der Waals surface area contributed by atoms with Crippen LogP contribution in [0.15, 0.2) is 34.7 Å². The number of nitrogens with zero attached hydrogens (tertiary/aromatic N) is 1. The fourth-order valence-electron chi connectivity index (χ4n) is 1.73. The van der Waals surface area contributed by atoms with E-state index in [1.807, 2.05) is 0 Å². The molecule has 0 saturated heterocycles. The first kappa shape index (κ1) is 15.0. The number of aromatic nitrogens is 1. The number of rotatable bonds is 6. The molecular formula is C13H17N3O2S2. The second-order valence-electron chi connectivity index (χ2n) is 4.38. The van der Waals surface area contributed by atoms with Gasteiger partial charge in [-0.2, -0.15) is 0 Å². The molecule has 108 valence electrons. The zero-order valence-corrected chi connectivity index (χ0v) is 12.8. The highest BCUT2D eigenvalue weighted by molar-refractivity contribution is 7.91. The number of benzene rings is 1. The maximum Gasteiger partial charge on any atom is 0.249 e. The number of nitrogens with one attached hydrogen (secondary N) is 1. The van der Waals surface area contributed by atoms with E-state index in [0.717, 1.165) is 24.2 Å². The van der Waals surface area contributed by atoms with Gasteiger partial charge in [0, 0.05) is 6.54 Å². The van der Waals surface area contributed by atoms with E-state index >= 15 is 0 Å². The molecule has 0 unspecified atom stereocenters. The number of sulfonamides is 1. The van der Waals surface area contributed by atoms with Crippen molar-refractivity contribution in [2.45, 2.75) is 24.0 Å². The molecule has 1 aromatic heterocycles. The molecule has 0 saturated carbocycles. The molecule has 2 rings (SSSR count). The minimum atomic E-state index is -3.65. The molecular weight excluding hydrogens is 294 g/mol. The van der Waals surface area contributed by atoms with E-state index in [9.17, 15) is 8.42 Å². The second-order valence-corrected chi connectivity index (χ2v) is 7.20. The Morgan fingerprint density at radius 1 is 1.25 bits per heavy atom. The fourth-order valence-corrected chi connectivity index (χ4v) is 3.20. The van der Waals surface area contributed by atoms with Crippen LogP contribution in [0.3, 0.4) is 0 Å². The van der Waals surface area contributed by atoms with Gasteiger partial charge in [0.25, 0.3) is 0 Å².